The predicted octanol–water partition coefficient (Wildman–Crippen LogP) is 1.28. The molecule has 1 aliphatic heterocycles. The first-order valence-corrected chi connectivity index (χ1v) is 5.84. The molecule has 0 aliphatic carbocycles. The van der Waals surface area contributed by atoms with Crippen LogP contribution in [-0.2, 0) is 16.1 Å². The van der Waals surface area contributed by atoms with Crippen LogP contribution in [0.4, 0.5) is 9.18 Å². The van der Waals surface area contributed by atoms with Gasteiger partial charge in [-0.1, -0.05) is 18.2 Å². The van der Waals surface area contributed by atoms with Crippen molar-refractivity contribution in [3.63, 3.8) is 0 Å². The van der Waals surface area contributed by atoms with Crippen molar-refractivity contribution in [1.29, 1.82) is 0 Å². The van der Waals surface area contributed by atoms with E-state index in [1.54, 1.807) is 25.1 Å². The maximum absolute atomic E-state index is 13.5. The normalized spacial score (nSPS) is 22.8. The van der Waals surface area contributed by atoms with Crippen molar-refractivity contribution in [1.82, 2.24) is 10.2 Å². The third-order valence-electron chi connectivity index (χ3n) is 3.06. The van der Waals surface area contributed by atoms with Gasteiger partial charge >= 0.3 is 6.03 Å². The minimum absolute atomic E-state index is 0.0747. The number of methoxy groups -OCH3 is 1. The number of nitrogens with zero attached hydrogens (tertiary/aromatic N) is 1. The molecule has 0 spiro atoms. The van der Waals surface area contributed by atoms with Crippen LogP contribution in [0.2, 0.25) is 0 Å². The molecule has 19 heavy (non-hydrogen) atoms. The highest BCUT2D eigenvalue weighted by molar-refractivity contribution is 6.06. The molecule has 1 unspecified atom stereocenters. The number of rotatable bonds is 4. The summed E-state index contributed by atoms with van der Waals surface area (Å²) in [6.07, 6.45) is 0. The average Bonchev–Trinajstić information content (AvgIpc) is 2.56. The van der Waals surface area contributed by atoms with E-state index in [0.717, 1.165) is 4.90 Å². The van der Waals surface area contributed by atoms with E-state index in [0.29, 0.717) is 5.56 Å². The van der Waals surface area contributed by atoms with Gasteiger partial charge in [-0.25, -0.2) is 9.18 Å². The summed E-state index contributed by atoms with van der Waals surface area (Å²) >= 11 is 0. The third kappa shape index (κ3) is 2.44. The van der Waals surface area contributed by atoms with Crippen LogP contribution in [0.25, 0.3) is 0 Å². The molecular weight excluding hydrogens is 251 g/mol. The van der Waals surface area contributed by atoms with Gasteiger partial charge in [0, 0.05) is 12.7 Å². The fourth-order valence-electron chi connectivity index (χ4n) is 2.07. The van der Waals surface area contributed by atoms with Gasteiger partial charge in [-0.15, -0.1) is 0 Å². The molecule has 1 fully saturated rings. The van der Waals surface area contributed by atoms with Gasteiger partial charge in [0.1, 0.15) is 11.4 Å². The Labute approximate surface area is 110 Å². The number of carbonyl (C=O) groups excluding carboxylic acids is 2. The first kappa shape index (κ1) is 13.5. The summed E-state index contributed by atoms with van der Waals surface area (Å²) in [5.41, 5.74) is -0.787. The lowest BCUT2D eigenvalue weighted by atomic mass is 10.0. The summed E-state index contributed by atoms with van der Waals surface area (Å²) in [6.45, 7) is 1.57. The monoisotopic (exact) mass is 266 g/mol. The van der Waals surface area contributed by atoms with Crippen molar-refractivity contribution < 1.29 is 18.7 Å². The SMILES string of the molecule is COCC1(C)NC(=O)N(Cc2ccccc2F)C1=O. The number of amides is 3. The van der Waals surface area contributed by atoms with Crippen LogP contribution in [0.15, 0.2) is 24.3 Å². The minimum atomic E-state index is -1.09. The van der Waals surface area contributed by atoms with E-state index in [4.69, 9.17) is 4.74 Å². The van der Waals surface area contributed by atoms with Crippen molar-refractivity contribution in [3.8, 4) is 0 Å². The summed E-state index contributed by atoms with van der Waals surface area (Å²) in [4.78, 5) is 25.0. The van der Waals surface area contributed by atoms with Crippen molar-refractivity contribution in [3.05, 3.63) is 35.6 Å². The number of benzene rings is 1. The van der Waals surface area contributed by atoms with E-state index in [9.17, 15) is 14.0 Å². The third-order valence-corrected chi connectivity index (χ3v) is 3.06. The van der Waals surface area contributed by atoms with E-state index in [2.05, 4.69) is 5.32 Å². The molecule has 102 valence electrons. The second kappa shape index (κ2) is 4.97. The molecule has 1 atom stereocenters. The molecule has 5 nitrogen and oxygen atoms in total. The molecule has 1 aliphatic rings. The largest absolute Gasteiger partial charge is 0.382 e. The van der Waals surface area contributed by atoms with Crippen LogP contribution in [0, 0.1) is 5.82 Å². The van der Waals surface area contributed by atoms with Crippen LogP contribution in [-0.4, -0.2) is 36.1 Å². The summed E-state index contributed by atoms with van der Waals surface area (Å²) in [5.74, 6) is -0.856. The zero-order chi connectivity index (χ0) is 14.0. The molecule has 0 radical (unpaired) electrons. The molecule has 1 N–H and O–H groups in total. The summed E-state index contributed by atoms with van der Waals surface area (Å²) in [7, 11) is 1.45. The molecule has 1 heterocycles. The molecule has 1 saturated heterocycles. The Hall–Kier alpha value is -1.95. The highest BCUT2D eigenvalue weighted by Gasteiger charge is 2.47. The smallest absolute Gasteiger partial charge is 0.325 e. The van der Waals surface area contributed by atoms with Crippen LogP contribution >= 0.6 is 0 Å². The molecule has 3 amide bonds. The van der Waals surface area contributed by atoms with Gasteiger partial charge in [-0.05, 0) is 13.0 Å². The van der Waals surface area contributed by atoms with Gasteiger partial charge in [0.25, 0.3) is 5.91 Å². The van der Waals surface area contributed by atoms with E-state index in [1.807, 2.05) is 0 Å². The van der Waals surface area contributed by atoms with E-state index in [1.165, 1.54) is 13.2 Å². The molecule has 0 saturated carbocycles. The molecule has 1 aromatic rings. The molecule has 6 heteroatoms. The van der Waals surface area contributed by atoms with Gasteiger partial charge in [-0.2, -0.15) is 0 Å². The van der Waals surface area contributed by atoms with Gasteiger partial charge < -0.3 is 10.1 Å². The topological polar surface area (TPSA) is 58.6 Å². The van der Waals surface area contributed by atoms with E-state index in [-0.39, 0.29) is 13.2 Å². The second-order valence-electron chi connectivity index (χ2n) is 4.68. The van der Waals surface area contributed by atoms with Gasteiger partial charge in [-0.3, -0.25) is 9.69 Å². The Bertz CT molecular complexity index is 520. The number of nitrogens with one attached hydrogen (secondary N) is 1. The van der Waals surface area contributed by atoms with E-state index >= 15 is 0 Å². The number of urea groups is 1. The Morgan fingerprint density at radius 3 is 2.68 bits per heavy atom. The summed E-state index contributed by atoms with van der Waals surface area (Å²) < 4.78 is 18.5. The number of hydrogen-bond acceptors (Lipinski definition) is 3. The predicted molar refractivity (Wildman–Crippen MR) is 65.8 cm³/mol. The standard InChI is InChI=1S/C13H15FN2O3/c1-13(8-19-2)11(17)16(12(18)15-13)7-9-5-3-4-6-10(9)14/h3-6H,7-8H2,1-2H3,(H,15,18). The maximum atomic E-state index is 13.5. The Morgan fingerprint density at radius 1 is 1.37 bits per heavy atom. The number of hydrogen-bond donors (Lipinski definition) is 1. The maximum Gasteiger partial charge on any atom is 0.325 e. The number of ether oxygens (including phenoxy) is 1. The van der Waals surface area contributed by atoms with Gasteiger partial charge in [0.15, 0.2) is 0 Å². The lowest BCUT2D eigenvalue weighted by molar-refractivity contribution is -0.132. The highest BCUT2D eigenvalue weighted by atomic mass is 19.1. The molecule has 2 rings (SSSR count). The lowest BCUT2D eigenvalue weighted by Crippen LogP contribution is -2.47. The van der Waals surface area contributed by atoms with Gasteiger partial charge in [0.05, 0.1) is 13.2 Å². The quantitative estimate of drug-likeness (QED) is 0.835. The number of imide groups is 1. The first-order valence-electron chi connectivity index (χ1n) is 5.84. The van der Waals surface area contributed by atoms with Crippen molar-refractivity contribution in [2.75, 3.05) is 13.7 Å². The first-order chi connectivity index (χ1) is 8.98. The fraction of sp³-hybridized carbons (Fsp3) is 0.385. The fourth-order valence-corrected chi connectivity index (χ4v) is 2.07. The van der Waals surface area contributed by atoms with Crippen molar-refractivity contribution >= 4 is 11.9 Å². The van der Waals surface area contributed by atoms with E-state index < -0.39 is 23.3 Å². The van der Waals surface area contributed by atoms with Crippen molar-refractivity contribution in [2.24, 2.45) is 0 Å². The Morgan fingerprint density at radius 2 is 2.05 bits per heavy atom. The molecule has 0 aromatic heterocycles. The van der Waals surface area contributed by atoms with Crippen molar-refractivity contribution in [2.45, 2.75) is 19.0 Å². The molecular formula is C13H15FN2O3. The Kier molecular flexibility index (Phi) is 3.53. The number of halogens is 1. The zero-order valence-corrected chi connectivity index (χ0v) is 10.8. The average molecular weight is 266 g/mol. The number of carbonyl (C=O) groups is 2. The Balaban J connectivity index is 2.20. The molecule has 0 bridgehead atoms. The van der Waals surface area contributed by atoms with Crippen LogP contribution < -0.4 is 5.32 Å². The summed E-state index contributed by atoms with van der Waals surface area (Å²) in [5, 5.41) is 2.56. The molecule has 1 aromatic carbocycles. The highest BCUT2D eigenvalue weighted by Crippen LogP contribution is 2.21. The minimum Gasteiger partial charge on any atom is -0.382 e. The van der Waals surface area contributed by atoms with Crippen LogP contribution in [0.5, 0.6) is 0 Å². The van der Waals surface area contributed by atoms with Gasteiger partial charge in [0.2, 0.25) is 0 Å². The van der Waals surface area contributed by atoms with Crippen LogP contribution in [0.1, 0.15) is 12.5 Å². The summed E-state index contributed by atoms with van der Waals surface area (Å²) in [6, 6.07) is 5.52. The lowest BCUT2D eigenvalue weighted by Gasteiger charge is -2.20. The second-order valence-corrected chi connectivity index (χ2v) is 4.68. The zero-order valence-electron chi connectivity index (χ0n) is 10.8. The van der Waals surface area contributed by atoms with Crippen LogP contribution in [0.3, 0.4) is 0 Å².